The summed E-state index contributed by atoms with van der Waals surface area (Å²) in [6, 6.07) is 0.0936. The Kier molecular flexibility index (Phi) is 4.76. The number of carbonyl (C=O) groups is 1. The minimum absolute atomic E-state index is 0.0765. The van der Waals surface area contributed by atoms with Gasteiger partial charge in [0.1, 0.15) is 0 Å². The van der Waals surface area contributed by atoms with Crippen LogP contribution in [0.2, 0.25) is 0 Å². The van der Waals surface area contributed by atoms with Gasteiger partial charge in [-0.05, 0) is 19.3 Å². The van der Waals surface area contributed by atoms with Gasteiger partial charge in [-0.2, -0.15) is 0 Å². The SMILES string of the molecule is CO[C@H]1CNCC1NC(=O)CC1CCCCO1. The summed E-state index contributed by atoms with van der Waals surface area (Å²) in [4.78, 5) is 11.9. The molecule has 98 valence electrons. The van der Waals surface area contributed by atoms with Crippen molar-refractivity contribution < 1.29 is 14.3 Å². The Labute approximate surface area is 102 Å². The van der Waals surface area contributed by atoms with E-state index in [1.165, 1.54) is 6.42 Å². The zero-order chi connectivity index (χ0) is 12.1. The number of ether oxygens (including phenoxy) is 2. The standard InChI is InChI=1S/C12H22N2O3/c1-16-11-8-13-7-10(11)14-12(15)6-9-4-2-3-5-17-9/h9-11,13H,2-8H2,1H3,(H,14,15)/t9?,10?,11-/m0/s1. The van der Waals surface area contributed by atoms with Gasteiger partial charge in [0.25, 0.3) is 0 Å². The Bertz CT molecular complexity index is 254. The van der Waals surface area contributed by atoms with Crippen molar-refractivity contribution in [3.8, 4) is 0 Å². The number of nitrogens with one attached hydrogen (secondary N) is 2. The van der Waals surface area contributed by atoms with E-state index in [1.54, 1.807) is 7.11 Å². The third kappa shape index (κ3) is 3.66. The van der Waals surface area contributed by atoms with E-state index in [4.69, 9.17) is 9.47 Å². The molecule has 2 rings (SSSR count). The maximum absolute atomic E-state index is 11.9. The molecule has 17 heavy (non-hydrogen) atoms. The van der Waals surface area contributed by atoms with E-state index < -0.39 is 0 Å². The molecule has 0 aromatic rings. The number of hydrogen-bond acceptors (Lipinski definition) is 4. The van der Waals surface area contributed by atoms with Gasteiger partial charge in [0, 0.05) is 26.8 Å². The van der Waals surface area contributed by atoms with Gasteiger partial charge >= 0.3 is 0 Å². The zero-order valence-corrected chi connectivity index (χ0v) is 10.4. The lowest BCUT2D eigenvalue weighted by Crippen LogP contribution is -2.44. The third-order valence-corrected chi connectivity index (χ3v) is 3.49. The summed E-state index contributed by atoms with van der Waals surface area (Å²) in [7, 11) is 1.68. The molecule has 0 aliphatic carbocycles. The molecule has 0 aromatic heterocycles. The van der Waals surface area contributed by atoms with Gasteiger partial charge in [-0.1, -0.05) is 0 Å². The van der Waals surface area contributed by atoms with Crippen LogP contribution >= 0.6 is 0 Å². The number of rotatable bonds is 4. The second-order valence-corrected chi connectivity index (χ2v) is 4.80. The molecule has 2 unspecified atom stereocenters. The zero-order valence-electron chi connectivity index (χ0n) is 10.4. The molecular weight excluding hydrogens is 220 g/mol. The smallest absolute Gasteiger partial charge is 0.222 e. The summed E-state index contributed by atoms with van der Waals surface area (Å²) in [5.41, 5.74) is 0. The van der Waals surface area contributed by atoms with Gasteiger partial charge in [0.2, 0.25) is 5.91 Å². The molecule has 5 heteroatoms. The van der Waals surface area contributed by atoms with Crippen LogP contribution in [0.1, 0.15) is 25.7 Å². The van der Waals surface area contributed by atoms with Crippen molar-refractivity contribution in [1.82, 2.24) is 10.6 Å². The van der Waals surface area contributed by atoms with E-state index >= 15 is 0 Å². The van der Waals surface area contributed by atoms with Gasteiger partial charge in [0.05, 0.1) is 24.7 Å². The van der Waals surface area contributed by atoms with E-state index in [1.807, 2.05) is 0 Å². The van der Waals surface area contributed by atoms with Crippen molar-refractivity contribution in [1.29, 1.82) is 0 Å². The average molecular weight is 242 g/mol. The monoisotopic (exact) mass is 242 g/mol. The molecule has 3 atom stereocenters. The Hall–Kier alpha value is -0.650. The fourth-order valence-corrected chi connectivity index (χ4v) is 2.49. The second-order valence-electron chi connectivity index (χ2n) is 4.80. The topological polar surface area (TPSA) is 59.6 Å². The largest absolute Gasteiger partial charge is 0.378 e. The lowest BCUT2D eigenvalue weighted by molar-refractivity contribution is -0.126. The van der Waals surface area contributed by atoms with E-state index in [0.29, 0.717) is 6.42 Å². The third-order valence-electron chi connectivity index (χ3n) is 3.49. The Morgan fingerprint density at radius 3 is 3.06 bits per heavy atom. The number of methoxy groups -OCH3 is 1. The fourth-order valence-electron chi connectivity index (χ4n) is 2.49. The van der Waals surface area contributed by atoms with Crippen molar-refractivity contribution in [3.05, 3.63) is 0 Å². The summed E-state index contributed by atoms with van der Waals surface area (Å²) < 4.78 is 10.9. The molecule has 2 N–H and O–H groups in total. The quantitative estimate of drug-likeness (QED) is 0.731. The van der Waals surface area contributed by atoms with Crippen molar-refractivity contribution in [2.24, 2.45) is 0 Å². The predicted octanol–water partition coefficient (Wildman–Crippen LogP) is 0.0486. The van der Waals surface area contributed by atoms with Gasteiger partial charge in [-0.15, -0.1) is 0 Å². The highest BCUT2D eigenvalue weighted by molar-refractivity contribution is 5.76. The summed E-state index contributed by atoms with van der Waals surface area (Å²) in [5.74, 6) is 0.0765. The molecule has 0 spiro atoms. The predicted molar refractivity (Wildman–Crippen MR) is 63.8 cm³/mol. The van der Waals surface area contributed by atoms with Gasteiger partial charge < -0.3 is 20.1 Å². The van der Waals surface area contributed by atoms with E-state index in [9.17, 15) is 4.79 Å². The molecule has 2 aliphatic rings. The van der Waals surface area contributed by atoms with Gasteiger partial charge in [0.15, 0.2) is 0 Å². The van der Waals surface area contributed by atoms with Gasteiger partial charge in [-0.25, -0.2) is 0 Å². The molecular formula is C12H22N2O3. The number of amides is 1. The van der Waals surface area contributed by atoms with Crippen LogP contribution in [0.25, 0.3) is 0 Å². The Morgan fingerprint density at radius 2 is 2.35 bits per heavy atom. The van der Waals surface area contributed by atoms with Crippen LogP contribution in [0.4, 0.5) is 0 Å². The summed E-state index contributed by atoms with van der Waals surface area (Å²) in [6.45, 7) is 2.39. The van der Waals surface area contributed by atoms with E-state index in [-0.39, 0.29) is 24.2 Å². The normalized spacial score (nSPS) is 33.6. The first-order chi connectivity index (χ1) is 8.29. The minimum atomic E-state index is 0.0765. The molecule has 0 radical (unpaired) electrons. The first-order valence-electron chi connectivity index (χ1n) is 6.44. The maximum atomic E-state index is 11.9. The number of carbonyl (C=O) groups excluding carboxylic acids is 1. The first kappa shape index (κ1) is 12.8. The highest BCUT2D eigenvalue weighted by atomic mass is 16.5. The lowest BCUT2D eigenvalue weighted by Gasteiger charge is -2.24. The molecule has 2 saturated heterocycles. The second kappa shape index (κ2) is 6.33. The molecule has 0 saturated carbocycles. The van der Waals surface area contributed by atoms with Crippen LogP contribution < -0.4 is 10.6 Å². The fraction of sp³-hybridized carbons (Fsp3) is 0.917. The van der Waals surface area contributed by atoms with Crippen LogP contribution in [0.5, 0.6) is 0 Å². The van der Waals surface area contributed by atoms with Crippen LogP contribution in [0.15, 0.2) is 0 Å². The molecule has 0 bridgehead atoms. The van der Waals surface area contributed by atoms with Crippen LogP contribution in [0.3, 0.4) is 0 Å². The minimum Gasteiger partial charge on any atom is -0.378 e. The Balaban J connectivity index is 1.72. The average Bonchev–Trinajstić information content (AvgIpc) is 2.77. The van der Waals surface area contributed by atoms with Gasteiger partial charge in [-0.3, -0.25) is 4.79 Å². The summed E-state index contributed by atoms with van der Waals surface area (Å²) >= 11 is 0. The summed E-state index contributed by atoms with van der Waals surface area (Å²) in [6.07, 6.45) is 3.97. The molecule has 2 heterocycles. The first-order valence-corrected chi connectivity index (χ1v) is 6.44. The van der Waals surface area contributed by atoms with Crippen LogP contribution in [0, 0.1) is 0 Å². The van der Waals surface area contributed by atoms with E-state index in [0.717, 1.165) is 32.5 Å². The molecule has 5 nitrogen and oxygen atoms in total. The highest BCUT2D eigenvalue weighted by Crippen LogP contribution is 2.15. The highest BCUT2D eigenvalue weighted by Gasteiger charge is 2.29. The maximum Gasteiger partial charge on any atom is 0.222 e. The summed E-state index contributed by atoms with van der Waals surface area (Å²) in [5, 5.41) is 6.23. The van der Waals surface area contributed by atoms with Crippen molar-refractivity contribution in [3.63, 3.8) is 0 Å². The molecule has 0 aromatic carbocycles. The van der Waals surface area contributed by atoms with Crippen LogP contribution in [-0.2, 0) is 14.3 Å². The van der Waals surface area contributed by atoms with E-state index in [2.05, 4.69) is 10.6 Å². The van der Waals surface area contributed by atoms with Crippen LogP contribution in [-0.4, -0.2) is 51.0 Å². The molecule has 2 fully saturated rings. The van der Waals surface area contributed by atoms with Crippen molar-refractivity contribution >= 4 is 5.91 Å². The van der Waals surface area contributed by atoms with Crippen molar-refractivity contribution in [2.75, 3.05) is 26.8 Å². The molecule has 2 aliphatic heterocycles. The number of hydrogen-bond donors (Lipinski definition) is 2. The molecule has 1 amide bonds. The van der Waals surface area contributed by atoms with Crippen molar-refractivity contribution in [2.45, 2.75) is 43.9 Å². The lowest BCUT2D eigenvalue weighted by atomic mass is 10.1. The Morgan fingerprint density at radius 1 is 1.47 bits per heavy atom.